The summed E-state index contributed by atoms with van der Waals surface area (Å²) in [6, 6.07) is 6.11. The topological polar surface area (TPSA) is 32.9 Å². The minimum Gasteiger partial charge on any atom is -0.358 e. The van der Waals surface area contributed by atoms with Crippen LogP contribution in [0.5, 0.6) is 0 Å². The summed E-state index contributed by atoms with van der Waals surface area (Å²) in [6.07, 6.45) is 6.46. The van der Waals surface area contributed by atoms with Crippen molar-refractivity contribution in [1.82, 2.24) is 4.98 Å². The first-order valence-electron chi connectivity index (χ1n) is 6.97. The van der Waals surface area contributed by atoms with Gasteiger partial charge in [0.1, 0.15) is 0 Å². The van der Waals surface area contributed by atoms with E-state index < -0.39 is 0 Å². The molecule has 0 amide bonds. The second kappa shape index (κ2) is 4.60. The Morgan fingerprint density at radius 3 is 2.89 bits per heavy atom. The number of aryl methyl sites for hydroxylation is 2. The molecule has 94 valence electrons. The lowest BCUT2D eigenvalue weighted by atomic mass is 9.93. The van der Waals surface area contributed by atoms with E-state index in [-0.39, 0.29) is 5.43 Å². The van der Waals surface area contributed by atoms with Crippen LogP contribution in [0.4, 0.5) is 0 Å². The van der Waals surface area contributed by atoms with Gasteiger partial charge in [0, 0.05) is 16.6 Å². The molecule has 0 spiro atoms. The van der Waals surface area contributed by atoms with Gasteiger partial charge in [0.05, 0.1) is 5.52 Å². The molecule has 1 aromatic carbocycles. The van der Waals surface area contributed by atoms with E-state index in [1.807, 2.05) is 12.1 Å². The molecular formula is C16H19NO. The maximum absolute atomic E-state index is 12.5. The van der Waals surface area contributed by atoms with Crippen molar-refractivity contribution < 1.29 is 0 Å². The summed E-state index contributed by atoms with van der Waals surface area (Å²) < 4.78 is 0. The van der Waals surface area contributed by atoms with E-state index in [2.05, 4.69) is 18.0 Å². The fourth-order valence-corrected chi connectivity index (χ4v) is 3.02. The smallest absolute Gasteiger partial charge is 0.192 e. The van der Waals surface area contributed by atoms with E-state index in [0.29, 0.717) is 0 Å². The summed E-state index contributed by atoms with van der Waals surface area (Å²) in [6.45, 7) is 2.18. The minimum atomic E-state index is 0.261. The zero-order chi connectivity index (χ0) is 12.5. The van der Waals surface area contributed by atoms with Gasteiger partial charge in [-0.05, 0) is 43.7 Å². The van der Waals surface area contributed by atoms with Crippen molar-refractivity contribution in [1.29, 1.82) is 0 Å². The number of fused-ring (bicyclic) bond motifs is 2. The maximum Gasteiger partial charge on any atom is 0.192 e. The Bertz CT molecular complexity index is 639. The van der Waals surface area contributed by atoms with Gasteiger partial charge in [-0.25, -0.2) is 0 Å². The summed E-state index contributed by atoms with van der Waals surface area (Å²) in [5.74, 6) is 0. The number of benzene rings is 1. The van der Waals surface area contributed by atoms with Crippen LogP contribution in [0.25, 0.3) is 10.9 Å². The van der Waals surface area contributed by atoms with Crippen LogP contribution in [0.1, 0.15) is 43.0 Å². The second-order valence-electron chi connectivity index (χ2n) is 5.21. The highest BCUT2D eigenvalue weighted by atomic mass is 16.1. The Morgan fingerprint density at radius 2 is 2.06 bits per heavy atom. The monoisotopic (exact) mass is 241 g/mol. The SMILES string of the molecule is CCCc1cccc2c(=O)c3c([nH]c12)CCCC3. The van der Waals surface area contributed by atoms with E-state index in [0.717, 1.165) is 48.6 Å². The van der Waals surface area contributed by atoms with Crippen molar-refractivity contribution in [3.8, 4) is 0 Å². The molecular weight excluding hydrogens is 222 g/mol. The molecule has 0 saturated carbocycles. The van der Waals surface area contributed by atoms with Crippen LogP contribution >= 0.6 is 0 Å². The first kappa shape index (κ1) is 11.5. The zero-order valence-electron chi connectivity index (χ0n) is 10.9. The van der Waals surface area contributed by atoms with Crippen LogP contribution < -0.4 is 5.43 Å². The van der Waals surface area contributed by atoms with Crippen molar-refractivity contribution in [2.75, 3.05) is 0 Å². The Hall–Kier alpha value is -1.57. The fourth-order valence-electron chi connectivity index (χ4n) is 3.02. The second-order valence-corrected chi connectivity index (χ2v) is 5.21. The predicted molar refractivity (Wildman–Crippen MR) is 75.2 cm³/mol. The fraction of sp³-hybridized carbons (Fsp3) is 0.438. The number of hydrogen-bond donors (Lipinski definition) is 1. The molecule has 18 heavy (non-hydrogen) atoms. The lowest BCUT2D eigenvalue weighted by Crippen LogP contribution is -2.18. The Morgan fingerprint density at radius 1 is 1.22 bits per heavy atom. The predicted octanol–water partition coefficient (Wildman–Crippen LogP) is 3.36. The van der Waals surface area contributed by atoms with Crippen molar-refractivity contribution in [2.45, 2.75) is 45.4 Å². The first-order valence-corrected chi connectivity index (χ1v) is 6.97. The van der Waals surface area contributed by atoms with Gasteiger partial charge in [-0.2, -0.15) is 0 Å². The standard InChI is InChI=1S/C16H19NO/c1-2-6-11-7-5-9-13-15(11)17-14-10-4-3-8-12(14)16(13)18/h5,7,9H,2-4,6,8,10H2,1H3,(H,17,18). The quantitative estimate of drug-likeness (QED) is 0.859. The normalized spacial score (nSPS) is 14.7. The first-order chi connectivity index (χ1) is 8.81. The molecule has 1 aliphatic rings. The van der Waals surface area contributed by atoms with Crippen LogP contribution in [0.3, 0.4) is 0 Å². The van der Waals surface area contributed by atoms with Gasteiger partial charge in [0.2, 0.25) is 0 Å². The molecule has 0 atom stereocenters. The number of rotatable bonds is 2. The lowest BCUT2D eigenvalue weighted by molar-refractivity contribution is 0.667. The van der Waals surface area contributed by atoms with Crippen molar-refractivity contribution in [3.05, 3.63) is 45.2 Å². The van der Waals surface area contributed by atoms with Crippen molar-refractivity contribution in [3.63, 3.8) is 0 Å². The van der Waals surface area contributed by atoms with E-state index in [9.17, 15) is 4.79 Å². The summed E-state index contributed by atoms with van der Waals surface area (Å²) >= 11 is 0. The molecule has 0 radical (unpaired) electrons. The Balaban J connectivity index is 2.31. The molecule has 2 aromatic rings. The lowest BCUT2D eigenvalue weighted by Gasteiger charge is -2.17. The number of H-pyrrole nitrogens is 1. The molecule has 1 N–H and O–H groups in total. The number of pyridine rings is 1. The average molecular weight is 241 g/mol. The highest BCUT2D eigenvalue weighted by Crippen LogP contribution is 2.22. The summed E-state index contributed by atoms with van der Waals surface area (Å²) in [4.78, 5) is 16.1. The van der Waals surface area contributed by atoms with E-state index in [1.54, 1.807) is 0 Å². The van der Waals surface area contributed by atoms with E-state index >= 15 is 0 Å². The summed E-state index contributed by atoms with van der Waals surface area (Å²) in [7, 11) is 0. The van der Waals surface area contributed by atoms with Crippen LogP contribution in [-0.2, 0) is 19.3 Å². The van der Waals surface area contributed by atoms with E-state index in [4.69, 9.17) is 0 Å². The Kier molecular flexibility index (Phi) is 2.94. The minimum absolute atomic E-state index is 0.261. The van der Waals surface area contributed by atoms with Crippen molar-refractivity contribution in [2.24, 2.45) is 0 Å². The number of para-hydroxylation sites is 1. The third kappa shape index (κ3) is 1.76. The van der Waals surface area contributed by atoms with E-state index in [1.165, 1.54) is 17.7 Å². The highest BCUT2D eigenvalue weighted by Gasteiger charge is 2.16. The number of nitrogens with one attached hydrogen (secondary N) is 1. The van der Waals surface area contributed by atoms with Crippen LogP contribution in [0.15, 0.2) is 23.0 Å². The average Bonchev–Trinajstić information content (AvgIpc) is 2.40. The third-order valence-electron chi connectivity index (χ3n) is 3.93. The van der Waals surface area contributed by atoms with Crippen LogP contribution in [-0.4, -0.2) is 4.98 Å². The van der Waals surface area contributed by atoms with Crippen molar-refractivity contribution >= 4 is 10.9 Å². The molecule has 1 aliphatic carbocycles. The largest absolute Gasteiger partial charge is 0.358 e. The molecule has 0 bridgehead atoms. The third-order valence-corrected chi connectivity index (χ3v) is 3.93. The summed E-state index contributed by atoms with van der Waals surface area (Å²) in [5.41, 5.74) is 4.83. The molecule has 2 heteroatoms. The van der Waals surface area contributed by atoms with Gasteiger partial charge in [0.25, 0.3) is 0 Å². The van der Waals surface area contributed by atoms with Gasteiger partial charge in [-0.1, -0.05) is 25.5 Å². The molecule has 0 aliphatic heterocycles. The van der Waals surface area contributed by atoms with Gasteiger partial charge < -0.3 is 4.98 Å². The molecule has 0 fully saturated rings. The molecule has 1 aromatic heterocycles. The molecule has 0 unspecified atom stereocenters. The molecule has 2 nitrogen and oxygen atoms in total. The zero-order valence-corrected chi connectivity index (χ0v) is 10.9. The highest BCUT2D eigenvalue weighted by molar-refractivity contribution is 5.82. The van der Waals surface area contributed by atoms with Crippen LogP contribution in [0, 0.1) is 0 Å². The van der Waals surface area contributed by atoms with Gasteiger partial charge in [-0.15, -0.1) is 0 Å². The summed E-state index contributed by atoms with van der Waals surface area (Å²) in [5, 5.41) is 0.876. The van der Waals surface area contributed by atoms with Crippen LogP contribution in [0.2, 0.25) is 0 Å². The molecule has 0 saturated heterocycles. The maximum atomic E-state index is 12.5. The van der Waals surface area contributed by atoms with Gasteiger partial charge in [0.15, 0.2) is 5.43 Å². The number of aromatic amines is 1. The van der Waals surface area contributed by atoms with Gasteiger partial charge in [-0.3, -0.25) is 4.79 Å². The Labute approximate surface area is 107 Å². The van der Waals surface area contributed by atoms with Gasteiger partial charge >= 0.3 is 0 Å². The number of aromatic nitrogens is 1. The molecule has 3 rings (SSSR count). The molecule has 1 heterocycles. The number of hydrogen-bond acceptors (Lipinski definition) is 1.